The maximum absolute atomic E-state index is 10.9. The number of piperidine rings is 1. The van der Waals surface area contributed by atoms with E-state index in [0.29, 0.717) is 11.7 Å². The van der Waals surface area contributed by atoms with Crippen LogP contribution in [0.25, 0.3) is 0 Å². The number of carbonyl (C=O) groups is 1. The maximum atomic E-state index is 10.9. The van der Waals surface area contributed by atoms with Gasteiger partial charge in [-0.05, 0) is 56.5 Å². The molecule has 0 aromatic heterocycles. The number of aryl methyl sites for hydroxylation is 1. The molecule has 1 aliphatic rings. The number of phenolic OH excluding ortho intramolecular Hbond substituents is 1. The van der Waals surface area contributed by atoms with Gasteiger partial charge in [-0.25, -0.2) is 0 Å². The van der Waals surface area contributed by atoms with E-state index in [1.807, 2.05) is 19.1 Å². The van der Waals surface area contributed by atoms with Crippen molar-refractivity contribution in [3.05, 3.63) is 27.7 Å². The summed E-state index contributed by atoms with van der Waals surface area (Å²) >= 11 is 3.49. The summed E-state index contributed by atoms with van der Waals surface area (Å²) in [6.07, 6.45) is 2.18. The van der Waals surface area contributed by atoms with Crippen LogP contribution in [0.3, 0.4) is 0 Å². The number of halogens is 1. The van der Waals surface area contributed by atoms with E-state index in [0.717, 1.165) is 54.6 Å². The minimum Gasteiger partial charge on any atom is -0.507 e. The lowest BCUT2D eigenvalue weighted by Gasteiger charge is -2.32. The minimum atomic E-state index is 0.0481. The molecule has 5 heteroatoms. The Morgan fingerprint density at radius 1 is 1.43 bits per heavy atom. The van der Waals surface area contributed by atoms with Crippen LogP contribution >= 0.6 is 15.9 Å². The number of amides is 1. The second-order valence-electron chi connectivity index (χ2n) is 5.89. The SMILES string of the molecule is CC(=O)NCC1CCN(Cc2cc(Br)cc(C)c2O)CC1. The molecule has 1 fully saturated rings. The summed E-state index contributed by atoms with van der Waals surface area (Å²) in [4.78, 5) is 13.3. The number of nitrogens with one attached hydrogen (secondary N) is 1. The predicted molar refractivity (Wildman–Crippen MR) is 87.2 cm³/mol. The largest absolute Gasteiger partial charge is 0.507 e. The summed E-state index contributed by atoms with van der Waals surface area (Å²) in [5.41, 5.74) is 1.88. The lowest BCUT2D eigenvalue weighted by molar-refractivity contribution is -0.119. The van der Waals surface area contributed by atoms with Crippen LogP contribution in [-0.4, -0.2) is 35.5 Å². The first-order valence-electron chi connectivity index (χ1n) is 7.40. The molecule has 116 valence electrons. The van der Waals surface area contributed by atoms with Crippen molar-refractivity contribution in [3.8, 4) is 5.75 Å². The molecule has 0 bridgehead atoms. The van der Waals surface area contributed by atoms with Gasteiger partial charge in [-0.1, -0.05) is 15.9 Å². The fourth-order valence-corrected chi connectivity index (χ4v) is 3.42. The topological polar surface area (TPSA) is 52.6 Å². The smallest absolute Gasteiger partial charge is 0.216 e. The van der Waals surface area contributed by atoms with Crippen LogP contribution in [0.5, 0.6) is 5.75 Å². The summed E-state index contributed by atoms with van der Waals surface area (Å²) < 4.78 is 1.01. The molecule has 1 aromatic rings. The number of benzene rings is 1. The lowest BCUT2D eigenvalue weighted by atomic mass is 9.96. The Morgan fingerprint density at radius 3 is 2.71 bits per heavy atom. The van der Waals surface area contributed by atoms with Crippen LogP contribution in [0.2, 0.25) is 0 Å². The zero-order valence-corrected chi connectivity index (χ0v) is 14.2. The van der Waals surface area contributed by atoms with Crippen molar-refractivity contribution in [2.75, 3.05) is 19.6 Å². The third kappa shape index (κ3) is 4.71. The second-order valence-corrected chi connectivity index (χ2v) is 6.80. The monoisotopic (exact) mass is 354 g/mol. The van der Waals surface area contributed by atoms with Gasteiger partial charge in [-0.15, -0.1) is 0 Å². The van der Waals surface area contributed by atoms with E-state index in [4.69, 9.17) is 0 Å². The normalized spacial score (nSPS) is 16.9. The van der Waals surface area contributed by atoms with E-state index in [1.54, 1.807) is 6.92 Å². The van der Waals surface area contributed by atoms with Gasteiger partial charge >= 0.3 is 0 Å². The van der Waals surface area contributed by atoms with E-state index in [9.17, 15) is 9.90 Å². The van der Waals surface area contributed by atoms with Crippen molar-refractivity contribution in [2.24, 2.45) is 5.92 Å². The fraction of sp³-hybridized carbons (Fsp3) is 0.562. The fourth-order valence-electron chi connectivity index (χ4n) is 2.80. The summed E-state index contributed by atoms with van der Waals surface area (Å²) in [7, 11) is 0. The number of likely N-dealkylation sites (tertiary alicyclic amines) is 1. The van der Waals surface area contributed by atoms with Gasteiger partial charge < -0.3 is 10.4 Å². The number of hydrogen-bond acceptors (Lipinski definition) is 3. The molecule has 21 heavy (non-hydrogen) atoms. The molecule has 0 aliphatic carbocycles. The number of rotatable bonds is 4. The third-order valence-corrected chi connectivity index (χ3v) is 4.54. The number of phenols is 1. The summed E-state index contributed by atoms with van der Waals surface area (Å²) in [6.45, 7) is 7.06. The highest BCUT2D eigenvalue weighted by atomic mass is 79.9. The maximum Gasteiger partial charge on any atom is 0.216 e. The van der Waals surface area contributed by atoms with Crippen LogP contribution < -0.4 is 5.32 Å². The van der Waals surface area contributed by atoms with Gasteiger partial charge in [0.2, 0.25) is 5.91 Å². The zero-order valence-electron chi connectivity index (χ0n) is 12.7. The van der Waals surface area contributed by atoms with Crippen LogP contribution in [-0.2, 0) is 11.3 Å². The molecule has 0 spiro atoms. The highest BCUT2D eigenvalue weighted by Gasteiger charge is 2.20. The number of carbonyl (C=O) groups excluding carboxylic acids is 1. The average Bonchev–Trinajstić information content (AvgIpc) is 2.43. The molecular formula is C16H23BrN2O2. The third-order valence-electron chi connectivity index (χ3n) is 4.08. The molecular weight excluding hydrogens is 332 g/mol. The standard InChI is InChI=1S/C16H23BrN2O2/c1-11-7-15(17)8-14(16(11)21)10-19-5-3-13(4-6-19)9-18-12(2)20/h7-8,13,21H,3-6,9-10H2,1-2H3,(H,18,20). The van der Waals surface area contributed by atoms with Crippen molar-refractivity contribution >= 4 is 21.8 Å². The quantitative estimate of drug-likeness (QED) is 0.873. The van der Waals surface area contributed by atoms with Crippen molar-refractivity contribution in [2.45, 2.75) is 33.2 Å². The molecule has 0 atom stereocenters. The molecule has 1 aromatic carbocycles. The van der Waals surface area contributed by atoms with Gasteiger partial charge in [0.1, 0.15) is 5.75 Å². The van der Waals surface area contributed by atoms with Crippen LogP contribution in [0.15, 0.2) is 16.6 Å². The van der Waals surface area contributed by atoms with Crippen molar-refractivity contribution < 1.29 is 9.90 Å². The first-order chi connectivity index (χ1) is 9.95. The molecule has 1 saturated heterocycles. The van der Waals surface area contributed by atoms with E-state index >= 15 is 0 Å². The van der Waals surface area contributed by atoms with E-state index in [-0.39, 0.29) is 5.91 Å². The lowest BCUT2D eigenvalue weighted by Crippen LogP contribution is -2.37. The Balaban J connectivity index is 1.88. The average molecular weight is 355 g/mol. The highest BCUT2D eigenvalue weighted by molar-refractivity contribution is 9.10. The van der Waals surface area contributed by atoms with E-state index < -0.39 is 0 Å². The van der Waals surface area contributed by atoms with Gasteiger partial charge in [0, 0.05) is 30.0 Å². The van der Waals surface area contributed by atoms with Crippen molar-refractivity contribution in [1.29, 1.82) is 0 Å². The Morgan fingerprint density at radius 2 is 2.10 bits per heavy atom. The minimum absolute atomic E-state index is 0.0481. The van der Waals surface area contributed by atoms with Gasteiger partial charge in [-0.3, -0.25) is 9.69 Å². The van der Waals surface area contributed by atoms with Gasteiger partial charge in [0.25, 0.3) is 0 Å². The molecule has 2 N–H and O–H groups in total. The van der Waals surface area contributed by atoms with Crippen molar-refractivity contribution in [3.63, 3.8) is 0 Å². The number of nitrogens with zero attached hydrogens (tertiary/aromatic N) is 1. The second kappa shape index (κ2) is 7.27. The highest BCUT2D eigenvalue weighted by Crippen LogP contribution is 2.29. The molecule has 1 amide bonds. The Kier molecular flexibility index (Phi) is 5.65. The Hall–Kier alpha value is -1.07. The first kappa shape index (κ1) is 16.3. The summed E-state index contributed by atoms with van der Waals surface area (Å²) in [5.74, 6) is 1.02. The van der Waals surface area contributed by atoms with Crippen molar-refractivity contribution in [1.82, 2.24) is 10.2 Å². The van der Waals surface area contributed by atoms with Gasteiger partial charge in [0.05, 0.1) is 0 Å². The molecule has 1 heterocycles. The summed E-state index contributed by atoms with van der Waals surface area (Å²) in [5, 5.41) is 13.1. The molecule has 0 radical (unpaired) electrons. The van der Waals surface area contributed by atoms with E-state index in [2.05, 4.69) is 26.1 Å². The number of hydrogen-bond donors (Lipinski definition) is 2. The molecule has 2 rings (SSSR count). The first-order valence-corrected chi connectivity index (χ1v) is 8.19. The number of aromatic hydroxyl groups is 1. The Bertz CT molecular complexity index is 511. The molecule has 1 aliphatic heterocycles. The predicted octanol–water partition coefficient (Wildman–Crippen LogP) is 2.81. The zero-order chi connectivity index (χ0) is 15.4. The molecule has 0 saturated carbocycles. The van der Waals surface area contributed by atoms with Gasteiger partial charge in [0.15, 0.2) is 0 Å². The Labute approximate surface area is 134 Å². The molecule has 4 nitrogen and oxygen atoms in total. The van der Waals surface area contributed by atoms with E-state index in [1.165, 1.54) is 0 Å². The van der Waals surface area contributed by atoms with Crippen LogP contribution in [0, 0.1) is 12.8 Å². The van der Waals surface area contributed by atoms with Gasteiger partial charge in [-0.2, -0.15) is 0 Å². The van der Waals surface area contributed by atoms with Crippen LogP contribution in [0.4, 0.5) is 0 Å². The molecule has 0 unspecified atom stereocenters. The summed E-state index contributed by atoms with van der Waals surface area (Å²) in [6, 6.07) is 3.92. The van der Waals surface area contributed by atoms with Crippen LogP contribution in [0.1, 0.15) is 30.9 Å².